The third-order valence-corrected chi connectivity index (χ3v) is 4.41. The summed E-state index contributed by atoms with van der Waals surface area (Å²) in [5, 5.41) is 14.5. The SMILES string of the molecule is CNC(c1cc(Br)cs1)C1(C#N)COC1. The molecule has 0 aliphatic carbocycles. The molecule has 0 radical (unpaired) electrons. The van der Waals surface area contributed by atoms with Crippen LogP contribution in [0, 0.1) is 16.7 Å². The summed E-state index contributed by atoms with van der Waals surface area (Å²) in [4.78, 5) is 1.18. The molecule has 1 aromatic heterocycles. The van der Waals surface area contributed by atoms with Crippen molar-refractivity contribution in [2.24, 2.45) is 5.41 Å². The molecule has 1 fully saturated rings. The molecule has 2 heterocycles. The maximum atomic E-state index is 9.23. The number of nitrogens with one attached hydrogen (secondary N) is 1. The second-order valence-electron chi connectivity index (χ2n) is 3.65. The van der Waals surface area contributed by atoms with Crippen LogP contribution < -0.4 is 5.32 Å². The largest absolute Gasteiger partial charge is 0.378 e. The van der Waals surface area contributed by atoms with Gasteiger partial charge in [-0.1, -0.05) is 0 Å². The van der Waals surface area contributed by atoms with Crippen LogP contribution in [0.5, 0.6) is 0 Å². The van der Waals surface area contributed by atoms with E-state index in [0.717, 1.165) is 4.47 Å². The summed E-state index contributed by atoms with van der Waals surface area (Å²) in [6.07, 6.45) is 0. The molecule has 3 nitrogen and oxygen atoms in total. The van der Waals surface area contributed by atoms with Crippen LogP contribution in [0.25, 0.3) is 0 Å². The zero-order chi connectivity index (χ0) is 10.9. The molecule has 0 amide bonds. The van der Waals surface area contributed by atoms with E-state index < -0.39 is 0 Å². The van der Waals surface area contributed by atoms with Crippen molar-refractivity contribution in [3.63, 3.8) is 0 Å². The second-order valence-corrected chi connectivity index (χ2v) is 5.51. The fourth-order valence-electron chi connectivity index (χ4n) is 1.79. The van der Waals surface area contributed by atoms with Gasteiger partial charge >= 0.3 is 0 Å². The van der Waals surface area contributed by atoms with Gasteiger partial charge in [0, 0.05) is 14.7 Å². The Morgan fingerprint density at radius 2 is 2.47 bits per heavy atom. The minimum atomic E-state index is -0.390. The second kappa shape index (κ2) is 4.22. The molecule has 1 aromatic rings. The van der Waals surface area contributed by atoms with Crippen LogP contribution in [0.2, 0.25) is 0 Å². The lowest BCUT2D eigenvalue weighted by molar-refractivity contribution is -0.0957. The molecular formula is C10H11BrN2OS. The number of hydrogen-bond acceptors (Lipinski definition) is 4. The highest BCUT2D eigenvalue weighted by molar-refractivity contribution is 9.10. The topological polar surface area (TPSA) is 45.0 Å². The van der Waals surface area contributed by atoms with Crippen molar-refractivity contribution in [2.45, 2.75) is 6.04 Å². The van der Waals surface area contributed by atoms with Crippen molar-refractivity contribution in [3.05, 3.63) is 20.8 Å². The van der Waals surface area contributed by atoms with Crippen LogP contribution in [0.3, 0.4) is 0 Å². The average molecular weight is 287 g/mol. The molecule has 80 valence electrons. The van der Waals surface area contributed by atoms with Gasteiger partial charge in [0.2, 0.25) is 0 Å². The molecule has 1 N–H and O–H groups in total. The van der Waals surface area contributed by atoms with E-state index >= 15 is 0 Å². The molecule has 5 heteroatoms. The first-order chi connectivity index (χ1) is 7.22. The van der Waals surface area contributed by atoms with Crippen molar-refractivity contribution in [1.82, 2.24) is 5.32 Å². The summed E-state index contributed by atoms with van der Waals surface area (Å²) in [6.45, 7) is 1.04. The van der Waals surface area contributed by atoms with E-state index in [9.17, 15) is 5.26 Å². The number of ether oxygens (including phenoxy) is 1. The predicted octanol–water partition coefficient (Wildman–Crippen LogP) is 2.31. The average Bonchev–Trinajstić information content (AvgIpc) is 2.58. The summed E-state index contributed by atoms with van der Waals surface area (Å²) in [5.41, 5.74) is -0.390. The Balaban J connectivity index is 2.28. The first-order valence-corrected chi connectivity index (χ1v) is 6.29. The molecule has 1 aliphatic heterocycles. The Hall–Kier alpha value is -0.410. The Morgan fingerprint density at radius 3 is 2.80 bits per heavy atom. The Morgan fingerprint density at radius 1 is 1.73 bits per heavy atom. The molecule has 1 atom stereocenters. The van der Waals surface area contributed by atoms with Gasteiger partial charge in [-0.05, 0) is 29.0 Å². The molecular weight excluding hydrogens is 276 g/mol. The summed E-state index contributed by atoms with van der Waals surface area (Å²) >= 11 is 5.08. The minimum Gasteiger partial charge on any atom is -0.378 e. The van der Waals surface area contributed by atoms with Gasteiger partial charge < -0.3 is 10.1 Å². The molecule has 0 spiro atoms. The third-order valence-electron chi connectivity index (χ3n) is 2.66. The number of hydrogen-bond donors (Lipinski definition) is 1. The van der Waals surface area contributed by atoms with Gasteiger partial charge in [0.15, 0.2) is 0 Å². The monoisotopic (exact) mass is 286 g/mol. The lowest BCUT2D eigenvalue weighted by atomic mass is 9.79. The number of nitrogens with zero attached hydrogens (tertiary/aromatic N) is 1. The number of thiophene rings is 1. The van der Waals surface area contributed by atoms with E-state index in [-0.39, 0.29) is 11.5 Å². The van der Waals surface area contributed by atoms with Crippen molar-refractivity contribution in [1.29, 1.82) is 5.26 Å². The van der Waals surface area contributed by atoms with Gasteiger partial charge in [-0.2, -0.15) is 5.26 Å². The molecule has 1 saturated heterocycles. The van der Waals surface area contributed by atoms with Crippen molar-refractivity contribution in [3.8, 4) is 6.07 Å². The number of nitriles is 1. The van der Waals surface area contributed by atoms with Crippen LogP contribution in [0.15, 0.2) is 15.9 Å². The van der Waals surface area contributed by atoms with Crippen molar-refractivity contribution < 1.29 is 4.74 Å². The highest BCUT2D eigenvalue weighted by Crippen LogP contribution is 2.42. The van der Waals surface area contributed by atoms with Crippen LogP contribution in [0.4, 0.5) is 0 Å². The summed E-state index contributed by atoms with van der Waals surface area (Å²) < 4.78 is 6.24. The molecule has 1 unspecified atom stereocenters. The lowest BCUT2D eigenvalue weighted by Crippen LogP contribution is -2.49. The van der Waals surface area contributed by atoms with Crippen molar-refractivity contribution in [2.75, 3.05) is 20.3 Å². The summed E-state index contributed by atoms with van der Waals surface area (Å²) in [6, 6.07) is 4.50. The minimum absolute atomic E-state index is 0.0625. The van der Waals surface area contributed by atoms with Gasteiger partial charge in [0.25, 0.3) is 0 Å². The van der Waals surface area contributed by atoms with Crippen LogP contribution >= 0.6 is 27.3 Å². The van der Waals surface area contributed by atoms with Crippen LogP contribution in [0.1, 0.15) is 10.9 Å². The molecule has 1 aliphatic rings. The molecule has 2 rings (SSSR count). The smallest absolute Gasteiger partial charge is 0.124 e. The number of halogens is 1. The Kier molecular flexibility index (Phi) is 3.12. The molecule has 0 bridgehead atoms. The molecule has 0 saturated carbocycles. The van der Waals surface area contributed by atoms with Gasteiger partial charge in [-0.15, -0.1) is 11.3 Å². The maximum Gasteiger partial charge on any atom is 0.124 e. The van der Waals surface area contributed by atoms with E-state index in [1.807, 2.05) is 12.4 Å². The van der Waals surface area contributed by atoms with Gasteiger partial charge in [0.05, 0.1) is 25.3 Å². The first kappa shape index (κ1) is 11.1. The molecule has 15 heavy (non-hydrogen) atoms. The zero-order valence-corrected chi connectivity index (χ0v) is 10.7. The van der Waals surface area contributed by atoms with Gasteiger partial charge in [-0.25, -0.2) is 0 Å². The van der Waals surface area contributed by atoms with Crippen molar-refractivity contribution >= 4 is 27.3 Å². The highest BCUT2D eigenvalue weighted by atomic mass is 79.9. The third kappa shape index (κ3) is 1.83. The normalized spacial score (nSPS) is 20.3. The summed E-state index contributed by atoms with van der Waals surface area (Å²) in [7, 11) is 1.88. The van der Waals surface area contributed by atoms with E-state index in [0.29, 0.717) is 13.2 Å². The fourth-order valence-corrected chi connectivity index (χ4v) is 3.46. The predicted molar refractivity (Wildman–Crippen MR) is 62.7 cm³/mol. The zero-order valence-electron chi connectivity index (χ0n) is 8.29. The maximum absolute atomic E-state index is 9.23. The highest BCUT2D eigenvalue weighted by Gasteiger charge is 2.47. The van der Waals surface area contributed by atoms with E-state index in [1.165, 1.54) is 4.88 Å². The standard InChI is InChI=1S/C10H11BrN2OS/c1-13-9(8-2-7(11)3-15-8)10(4-12)5-14-6-10/h2-3,9,13H,5-6H2,1H3. The summed E-state index contributed by atoms with van der Waals surface area (Å²) in [5.74, 6) is 0. The quantitative estimate of drug-likeness (QED) is 0.928. The fraction of sp³-hybridized carbons (Fsp3) is 0.500. The molecule has 0 aromatic carbocycles. The van der Waals surface area contributed by atoms with E-state index in [1.54, 1.807) is 11.3 Å². The van der Waals surface area contributed by atoms with Crippen LogP contribution in [-0.2, 0) is 4.74 Å². The lowest BCUT2D eigenvalue weighted by Gasteiger charge is -2.40. The van der Waals surface area contributed by atoms with E-state index in [2.05, 4.69) is 33.4 Å². The van der Waals surface area contributed by atoms with Crippen LogP contribution in [-0.4, -0.2) is 20.3 Å². The number of rotatable bonds is 3. The Bertz CT molecular complexity index is 394. The van der Waals surface area contributed by atoms with E-state index in [4.69, 9.17) is 4.74 Å². The first-order valence-electron chi connectivity index (χ1n) is 4.62. The van der Waals surface area contributed by atoms with Gasteiger partial charge in [0.1, 0.15) is 5.41 Å². The van der Waals surface area contributed by atoms with Gasteiger partial charge in [-0.3, -0.25) is 0 Å². The Labute approximate surface area is 101 Å².